The van der Waals surface area contributed by atoms with Crippen molar-refractivity contribution < 1.29 is 9.84 Å². The Hall–Kier alpha value is -1.52. The van der Waals surface area contributed by atoms with Crippen LogP contribution in [0, 0.1) is 6.92 Å². The van der Waals surface area contributed by atoms with Gasteiger partial charge < -0.3 is 14.4 Å². The summed E-state index contributed by atoms with van der Waals surface area (Å²) in [6, 6.07) is 5.28. The lowest BCUT2D eigenvalue weighted by atomic mass is 10.2. The van der Waals surface area contributed by atoms with E-state index >= 15 is 0 Å². The van der Waals surface area contributed by atoms with Crippen molar-refractivity contribution in [2.75, 3.05) is 6.61 Å². The van der Waals surface area contributed by atoms with Crippen LogP contribution in [0.1, 0.15) is 11.4 Å². The van der Waals surface area contributed by atoms with Gasteiger partial charge in [-0.2, -0.15) is 0 Å². The smallest absolute Gasteiger partial charge is 0.138 e. The number of aliphatic hydroxyl groups excluding tert-OH is 1. The molecule has 0 aliphatic rings. The highest BCUT2D eigenvalue weighted by molar-refractivity contribution is 6.32. The van der Waals surface area contributed by atoms with Gasteiger partial charge in [0.25, 0.3) is 0 Å². The molecule has 0 bridgehead atoms. The van der Waals surface area contributed by atoms with Crippen molar-refractivity contribution >= 4 is 11.6 Å². The number of imidazole rings is 1. The molecule has 0 amide bonds. The van der Waals surface area contributed by atoms with E-state index in [9.17, 15) is 0 Å². The third-order valence-electron chi connectivity index (χ3n) is 2.69. The van der Waals surface area contributed by atoms with Crippen molar-refractivity contribution in [1.82, 2.24) is 9.55 Å². The summed E-state index contributed by atoms with van der Waals surface area (Å²) in [5.74, 6) is 1.59. The summed E-state index contributed by atoms with van der Waals surface area (Å²) >= 11 is 6.04. The molecule has 0 fully saturated rings. The van der Waals surface area contributed by atoms with Crippen molar-refractivity contribution in [2.24, 2.45) is 0 Å². The third-order valence-corrected chi connectivity index (χ3v) is 2.99. The Morgan fingerprint density at radius 3 is 2.89 bits per heavy atom. The number of benzene rings is 1. The van der Waals surface area contributed by atoms with Gasteiger partial charge in [-0.25, -0.2) is 4.98 Å². The summed E-state index contributed by atoms with van der Waals surface area (Å²) in [7, 11) is 0. The van der Waals surface area contributed by atoms with Crippen molar-refractivity contribution in [3.63, 3.8) is 0 Å². The zero-order chi connectivity index (χ0) is 13.0. The van der Waals surface area contributed by atoms with Gasteiger partial charge in [-0.3, -0.25) is 0 Å². The maximum atomic E-state index is 8.97. The Bertz CT molecular complexity index is 525. The molecule has 0 unspecified atom stereocenters. The van der Waals surface area contributed by atoms with E-state index in [4.69, 9.17) is 21.4 Å². The highest BCUT2D eigenvalue weighted by Crippen LogP contribution is 2.25. The molecule has 0 radical (unpaired) electrons. The first-order chi connectivity index (χ1) is 8.70. The van der Waals surface area contributed by atoms with Gasteiger partial charge in [0.15, 0.2) is 0 Å². The molecular formula is C13H15ClN2O2. The minimum atomic E-state index is -0.0196. The molecule has 0 atom stereocenters. The minimum Gasteiger partial charge on any atom is -0.490 e. The van der Waals surface area contributed by atoms with Gasteiger partial charge in [0.1, 0.15) is 18.2 Å². The average Bonchev–Trinajstić information content (AvgIpc) is 2.77. The number of aliphatic hydroxyl groups is 1. The van der Waals surface area contributed by atoms with Crippen molar-refractivity contribution in [1.29, 1.82) is 0 Å². The van der Waals surface area contributed by atoms with Gasteiger partial charge in [0, 0.05) is 12.4 Å². The zero-order valence-electron chi connectivity index (χ0n) is 10.1. The predicted molar refractivity (Wildman–Crippen MR) is 69.8 cm³/mol. The van der Waals surface area contributed by atoms with Crippen LogP contribution in [0.3, 0.4) is 0 Å². The number of aryl methyl sites for hydroxylation is 1. The molecule has 2 aromatic rings. The normalized spacial score (nSPS) is 10.6. The summed E-state index contributed by atoms with van der Waals surface area (Å²) < 4.78 is 7.61. The molecule has 0 aliphatic carbocycles. The van der Waals surface area contributed by atoms with Crippen molar-refractivity contribution in [3.05, 3.63) is 47.0 Å². The number of rotatable bonds is 5. The number of hydrogen-bond donors (Lipinski definition) is 1. The maximum absolute atomic E-state index is 8.97. The van der Waals surface area contributed by atoms with E-state index < -0.39 is 0 Å². The molecule has 5 heteroatoms. The van der Waals surface area contributed by atoms with E-state index in [1.165, 1.54) is 0 Å². The lowest BCUT2D eigenvalue weighted by molar-refractivity contribution is 0.280. The number of nitrogens with zero attached hydrogens (tertiary/aromatic N) is 2. The molecule has 0 aliphatic heterocycles. The second-order valence-corrected chi connectivity index (χ2v) is 4.35. The van der Waals surface area contributed by atoms with Crippen LogP contribution in [0.15, 0.2) is 30.6 Å². The van der Waals surface area contributed by atoms with Gasteiger partial charge in [-0.1, -0.05) is 17.7 Å². The Labute approximate surface area is 111 Å². The average molecular weight is 267 g/mol. The van der Waals surface area contributed by atoms with Gasteiger partial charge in [0.2, 0.25) is 0 Å². The fourth-order valence-electron chi connectivity index (χ4n) is 1.65. The Morgan fingerprint density at radius 2 is 2.28 bits per heavy atom. The second kappa shape index (κ2) is 5.89. The van der Waals surface area contributed by atoms with Crippen LogP contribution >= 0.6 is 11.6 Å². The topological polar surface area (TPSA) is 47.3 Å². The van der Waals surface area contributed by atoms with E-state index in [-0.39, 0.29) is 6.61 Å². The molecule has 1 aromatic carbocycles. The molecule has 2 rings (SSSR count). The monoisotopic (exact) mass is 266 g/mol. The Morgan fingerprint density at radius 1 is 1.44 bits per heavy atom. The van der Waals surface area contributed by atoms with E-state index in [2.05, 4.69) is 4.98 Å². The number of ether oxygens (including phenoxy) is 1. The van der Waals surface area contributed by atoms with Gasteiger partial charge in [0.05, 0.1) is 18.2 Å². The van der Waals surface area contributed by atoms with Crippen molar-refractivity contribution in [3.8, 4) is 5.75 Å². The number of halogens is 1. The molecular weight excluding hydrogens is 252 g/mol. The lowest BCUT2D eigenvalue weighted by Crippen LogP contribution is -2.09. The van der Waals surface area contributed by atoms with Crippen LogP contribution in [0.5, 0.6) is 5.75 Å². The predicted octanol–water partition coefficient (Wildman–Crippen LogP) is 2.42. The standard InChI is InChI=1S/C13H15ClN2O2/c1-10-15-4-5-16(10)6-7-18-13-3-2-11(9-17)8-12(13)14/h2-5,8,17H,6-7,9H2,1H3. The van der Waals surface area contributed by atoms with Crippen molar-refractivity contribution in [2.45, 2.75) is 20.1 Å². The first-order valence-electron chi connectivity index (χ1n) is 5.70. The molecule has 0 spiro atoms. The fraction of sp³-hybridized carbons (Fsp3) is 0.308. The first kappa shape index (κ1) is 12.9. The van der Waals surface area contributed by atoms with E-state index in [1.54, 1.807) is 24.4 Å². The molecule has 18 heavy (non-hydrogen) atoms. The second-order valence-electron chi connectivity index (χ2n) is 3.94. The molecule has 1 N–H and O–H groups in total. The van der Waals surface area contributed by atoms with Crippen LogP contribution in [-0.4, -0.2) is 21.3 Å². The van der Waals surface area contributed by atoms with Crippen LogP contribution in [0.2, 0.25) is 5.02 Å². The quantitative estimate of drug-likeness (QED) is 0.904. The van der Waals surface area contributed by atoms with Crippen LogP contribution in [0.4, 0.5) is 0 Å². The maximum Gasteiger partial charge on any atom is 0.138 e. The first-order valence-corrected chi connectivity index (χ1v) is 6.08. The Balaban J connectivity index is 1.92. The summed E-state index contributed by atoms with van der Waals surface area (Å²) in [5.41, 5.74) is 0.776. The molecule has 1 heterocycles. The Kier molecular flexibility index (Phi) is 4.23. The van der Waals surface area contributed by atoms with E-state index in [0.29, 0.717) is 17.4 Å². The van der Waals surface area contributed by atoms with E-state index in [0.717, 1.165) is 17.9 Å². The van der Waals surface area contributed by atoms with Crippen LogP contribution < -0.4 is 4.74 Å². The molecule has 96 valence electrons. The van der Waals surface area contributed by atoms with Crippen LogP contribution in [-0.2, 0) is 13.2 Å². The SMILES string of the molecule is Cc1nccn1CCOc1ccc(CO)cc1Cl. The summed E-state index contributed by atoms with van der Waals surface area (Å²) in [4.78, 5) is 4.14. The summed E-state index contributed by atoms with van der Waals surface area (Å²) in [6.45, 7) is 3.18. The molecule has 0 saturated carbocycles. The third kappa shape index (κ3) is 3.03. The van der Waals surface area contributed by atoms with Gasteiger partial charge in [-0.15, -0.1) is 0 Å². The largest absolute Gasteiger partial charge is 0.490 e. The lowest BCUT2D eigenvalue weighted by Gasteiger charge is -2.10. The van der Waals surface area contributed by atoms with Crippen LogP contribution in [0.25, 0.3) is 0 Å². The van der Waals surface area contributed by atoms with E-state index in [1.807, 2.05) is 17.7 Å². The fourth-order valence-corrected chi connectivity index (χ4v) is 1.91. The molecule has 4 nitrogen and oxygen atoms in total. The highest BCUT2D eigenvalue weighted by Gasteiger charge is 2.03. The molecule has 1 aromatic heterocycles. The van der Waals surface area contributed by atoms with Gasteiger partial charge >= 0.3 is 0 Å². The number of hydrogen-bond acceptors (Lipinski definition) is 3. The van der Waals surface area contributed by atoms with Gasteiger partial charge in [-0.05, 0) is 24.6 Å². The number of aromatic nitrogens is 2. The minimum absolute atomic E-state index is 0.0196. The summed E-state index contributed by atoms with van der Waals surface area (Å²) in [5, 5.41) is 9.49. The summed E-state index contributed by atoms with van der Waals surface area (Å²) in [6.07, 6.45) is 3.67. The molecule has 0 saturated heterocycles. The zero-order valence-corrected chi connectivity index (χ0v) is 10.9. The highest BCUT2D eigenvalue weighted by atomic mass is 35.5.